The standard InChI is InChI=1S/C17H22N4/c1-11-6-7-15-13(8-11)12(2)9-14-16(20(3)4)18-10-19-17(14)21(15)5/h6-8,10,12H,9H2,1-5H3. The molecular formula is C17H22N4. The van der Waals surface area contributed by atoms with Crippen molar-refractivity contribution in [2.24, 2.45) is 0 Å². The van der Waals surface area contributed by atoms with Gasteiger partial charge in [-0.2, -0.15) is 0 Å². The smallest absolute Gasteiger partial charge is 0.141 e. The molecule has 2 heterocycles. The number of rotatable bonds is 1. The Labute approximate surface area is 126 Å². The molecule has 21 heavy (non-hydrogen) atoms. The predicted octanol–water partition coefficient (Wildman–Crippen LogP) is 3.28. The monoisotopic (exact) mass is 282 g/mol. The number of hydrogen-bond acceptors (Lipinski definition) is 4. The van der Waals surface area contributed by atoms with Crippen molar-refractivity contribution in [2.45, 2.75) is 26.2 Å². The Hall–Kier alpha value is -2.10. The van der Waals surface area contributed by atoms with Gasteiger partial charge in [-0.1, -0.05) is 24.6 Å². The Kier molecular flexibility index (Phi) is 3.32. The summed E-state index contributed by atoms with van der Waals surface area (Å²) in [4.78, 5) is 13.3. The van der Waals surface area contributed by atoms with E-state index in [2.05, 4.69) is 58.9 Å². The zero-order valence-corrected chi connectivity index (χ0v) is 13.4. The minimum Gasteiger partial charge on any atom is -0.362 e. The van der Waals surface area contributed by atoms with Crippen LogP contribution in [0.25, 0.3) is 0 Å². The fraction of sp³-hybridized carbons (Fsp3) is 0.412. The molecule has 0 bridgehead atoms. The summed E-state index contributed by atoms with van der Waals surface area (Å²) in [7, 11) is 6.17. The SMILES string of the molecule is Cc1ccc2c(c1)C(C)Cc1c(N(C)C)ncnc1N2C. The van der Waals surface area contributed by atoms with E-state index in [4.69, 9.17) is 0 Å². The zero-order valence-electron chi connectivity index (χ0n) is 13.4. The highest BCUT2D eigenvalue weighted by Crippen LogP contribution is 2.41. The molecule has 0 saturated carbocycles. The molecule has 1 unspecified atom stereocenters. The van der Waals surface area contributed by atoms with Crippen molar-refractivity contribution in [3.63, 3.8) is 0 Å². The maximum atomic E-state index is 4.55. The van der Waals surface area contributed by atoms with Gasteiger partial charge in [-0.25, -0.2) is 9.97 Å². The van der Waals surface area contributed by atoms with Crippen LogP contribution in [-0.4, -0.2) is 31.1 Å². The van der Waals surface area contributed by atoms with Crippen LogP contribution in [0, 0.1) is 6.92 Å². The third kappa shape index (κ3) is 2.24. The van der Waals surface area contributed by atoms with Crippen molar-refractivity contribution in [3.8, 4) is 0 Å². The summed E-state index contributed by atoms with van der Waals surface area (Å²) in [5.74, 6) is 2.49. The molecule has 4 nitrogen and oxygen atoms in total. The van der Waals surface area contributed by atoms with Crippen LogP contribution in [-0.2, 0) is 6.42 Å². The highest BCUT2D eigenvalue weighted by Gasteiger charge is 2.26. The first-order valence-corrected chi connectivity index (χ1v) is 7.34. The molecule has 0 radical (unpaired) electrons. The van der Waals surface area contributed by atoms with Crippen LogP contribution >= 0.6 is 0 Å². The van der Waals surface area contributed by atoms with Gasteiger partial charge in [0.1, 0.15) is 18.0 Å². The second-order valence-corrected chi connectivity index (χ2v) is 6.12. The van der Waals surface area contributed by atoms with E-state index in [1.165, 1.54) is 22.4 Å². The van der Waals surface area contributed by atoms with Crippen LogP contribution in [0.2, 0.25) is 0 Å². The number of anilines is 3. The molecule has 0 aliphatic carbocycles. The van der Waals surface area contributed by atoms with Gasteiger partial charge < -0.3 is 9.80 Å². The molecular weight excluding hydrogens is 260 g/mol. The van der Waals surface area contributed by atoms with Crippen LogP contribution in [0.4, 0.5) is 17.3 Å². The maximum Gasteiger partial charge on any atom is 0.141 e. The van der Waals surface area contributed by atoms with Gasteiger partial charge in [0.25, 0.3) is 0 Å². The van der Waals surface area contributed by atoms with Crippen LogP contribution in [0.3, 0.4) is 0 Å². The van der Waals surface area contributed by atoms with Crippen molar-refractivity contribution >= 4 is 17.3 Å². The quantitative estimate of drug-likeness (QED) is 0.803. The molecule has 1 aromatic carbocycles. The summed E-state index contributed by atoms with van der Waals surface area (Å²) in [6.07, 6.45) is 2.62. The van der Waals surface area contributed by atoms with Gasteiger partial charge in [-0.05, 0) is 30.9 Å². The number of nitrogens with zero attached hydrogens (tertiary/aromatic N) is 4. The molecule has 1 aromatic heterocycles. The number of aryl methyl sites for hydroxylation is 1. The molecule has 0 saturated heterocycles. The largest absolute Gasteiger partial charge is 0.362 e. The van der Waals surface area contributed by atoms with Gasteiger partial charge in [-0.3, -0.25) is 0 Å². The van der Waals surface area contributed by atoms with Gasteiger partial charge in [0.05, 0.1) is 0 Å². The molecule has 2 aromatic rings. The molecule has 1 atom stereocenters. The van der Waals surface area contributed by atoms with Crippen LogP contribution in [0.5, 0.6) is 0 Å². The minimum atomic E-state index is 0.452. The zero-order chi connectivity index (χ0) is 15.1. The Morgan fingerprint density at radius 1 is 1.24 bits per heavy atom. The Bertz CT molecular complexity index is 678. The average Bonchev–Trinajstić information content (AvgIpc) is 2.55. The van der Waals surface area contributed by atoms with Gasteiger partial charge in [-0.15, -0.1) is 0 Å². The Balaban J connectivity index is 2.22. The Morgan fingerprint density at radius 2 is 2.00 bits per heavy atom. The Morgan fingerprint density at radius 3 is 2.71 bits per heavy atom. The summed E-state index contributed by atoms with van der Waals surface area (Å²) in [5.41, 5.74) is 5.17. The molecule has 3 rings (SSSR count). The second kappa shape index (κ2) is 5.02. The van der Waals surface area contributed by atoms with E-state index in [9.17, 15) is 0 Å². The third-order valence-corrected chi connectivity index (χ3v) is 4.23. The van der Waals surface area contributed by atoms with Gasteiger partial charge in [0.2, 0.25) is 0 Å². The molecule has 1 aliphatic rings. The lowest BCUT2D eigenvalue weighted by Gasteiger charge is -2.23. The summed E-state index contributed by atoms with van der Waals surface area (Å²) in [6, 6.07) is 6.67. The van der Waals surface area contributed by atoms with Crippen molar-refractivity contribution in [3.05, 3.63) is 41.2 Å². The van der Waals surface area contributed by atoms with Crippen LogP contribution in [0.1, 0.15) is 29.5 Å². The van der Waals surface area contributed by atoms with Crippen LogP contribution < -0.4 is 9.80 Å². The highest BCUT2D eigenvalue weighted by molar-refractivity contribution is 5.72. The fourth-order valence-electron chi connectivity index (χ4n) is 3.16. The normalized spacial score (nSPS) is 17.0. The lowest BCUT2D eigenvalue weighted by atomic mass is 9.93. The molecule has 0 amide bonds. The van der Waals surface area contributed by atoms with Crippen molar-refractivity contribution < 1.29 is 0 Å². The van der Waals surface area contributed by atoms with E-state index in [0.29, 0.717) is 5.92 Å². The minimum absolute atomic E-state index is 0.452. The molecule has 4 heteroatoms. The number of benzene rings is 1. The number of hydrogen-bond donors (Lipinski definition) is 0. The third-order valence-electron chi connectivity index (χ3n) is 4.23. The van der Waals surface area contributed by atoms with Gasteiger partial charge in [0, 0.05) is 32.4 Å². The van der Waals surface area contributed by atoms with E-state index in [0.717, 1.165) is 18.1 Å². The lowest BCUT2D eigenvalue weighted by molar-refractivity contribution is 0.760. The summed E-state index contributed by atoms with van der Waals surface area (Å²) < 4.78 is 0. The van der Waals surface area contributed by atoms with Crippen molar-refractivity contribution in [2.75, 3.05) is 30.9 Å². The molecule has 0 spiro atoms. The second-order valence-electron chi connectivity index (χ2n) is 6.12. The van der Waals surface area contributed by atoms with E-state index in [-0.39, 0.29) is 0 Å². The fourth-order valence-corrected chi connectivity index (χ4v) is 3.16. The average molecular weight is 282 g/mol. The first-order chi connectivity index (χ1) is 9.99. The van der Waals surface area contributed by atoms with Crippen molar-refractivity contribution in [1.29, 1.82) is 0 Å². The van der Waals surface area contributed by atoms with E-state index in [1.807, 2.05) is 14.1 Å². The van der Waals surface area contributed by atoms with E-state index in [1.54, 1.807) is 6.33 Å². The first-order valence-electron chi connectivity index (χ1n) is 7.34. The molecule has 110 valence electrons. The highest BCUT2D eigenvalue weighted by atomic mass is 15.2. The maximum absolute atomic E-state index is 4.55. The lowest BCUT2D eigenvalue weighted by Crippen LogP contribution is -2.18. The summed E-state index contributed by atoms with van der Waals surface area (Å²) in [5, 5.41) is 0. The molecule has 1 aliphatic heterocycles. The van der Waals surface area contributed by atoms with E-state index < -0.39 is 0 Å². The molecule has 0 N–H and O–H groups in total. The van der Waals surface area contributed by atoms with Crippen LogP contribution in [0.15, 0.2) is 24.5 Å². The number of fused-ring (bicyclic) bond motifs is 2. The summed E-state index contributed by atoms with van der Waals surface area (Å²) >= 11 is 0. The van der Waals surface area contributed by atoms with Crippen molar-refractivity contribution in [1.82, 2.24) is 9.97 Å². The predicted molar refractivity (Wildman–Crippen MR) is 87.7 cm³/mol. The van der Waals surface area contributed by atoms with E-state index >= 15 is 0 Å². The number of aromatic nitrogens is 2. The topological polar surface area (TPSA) is 32.3 Å². The first kappa shape index (κ1) is 13.9. The summed E-state index contributed by atoms with van der Waals surface area (Å²) in [6.45, 7) is 4.43. The van der Waals surface area contributed by atoms with Gasteiger partial charge >= 0.3 is 0 Å². The van der Waals surface area contributed by atoms with Gasteiger partial charge in [0.15, 0.2) is 0 Å². The molecule has 0 fully saturated rings.